The van der Waals surface area contributed by atoms with Gasteiger partial charge in [-0.2, -0.15) is 0 Å². The van der Waals surface area contributed by atoms with Crippen molar-refractivity contribution in [3.8, 4) is 11.1 Å². The van der Waals surface area contributed by atoms with Crippen molar-refractivity contribution in [1.29, 1.82) is 0 Å². The molecule has 2 aromatic rings. The highest BCUT2D eigenvalue weighted by molar-refractivity contribution is 7.89. The minimum atomic E-state index is -3.82. The van der Waals surface area contributed by atoms with Crippen LogP contribution >= 0.6 is 0 Å². The van der Waals surface area contributed by atoms with E-state index in [1.165, 1.54) is 11.1 Å². The summed E-state index contributed by atoms with van der Waals surface area (Å²) in [6.45, 7) is 12.5. The number of hydrogen-bond acceptors (Lipinski definition) is 17. The predicted molar refractivity (Wildman–Crippen MR) is 245 cm³/mol. The zero-order chi connectivity index (χ0) is 47.5. The summed E-state index contributed by atoms with van der Waals surface area (Å²) in [6.07, 6.45) is 2.67. The molecule has 21 heteroatoms. The monoisotopic (exact) mass is 954 g/mol. The molecule has 1 aliphatic rings. The molecule has 0 saturated heterocycles. The number of nitrogens with one attached hydrogen (secondary N) is 1. The summed E-state index contributed by atoms with van der Waals surface area (Å²) >= 11 is 0. The third-order valence-corrected chi connectivity index (χ3v) is 10.5. The minimum Gasteiger partial charge on any atom is -0.481 e. The van der Waals surface area contributed by atoms with E-state index in [2.05, 4.69) is 9.71 Å². The van der Waals surface area contributed by atoms with E-state index >= 15 is 0 Å². The van der Waals surface area contributed by atoms with Crippen LogP contribution in [0.4, 0.5) is 5.69 Å². The van der Waals surface area contributed by atoms with Gasteiger partial charge in [0, 0.05) is 30.6 Å². The lowest BCUT2D eigenvalue weighted by Gasteiger charge is -2.21. The van der Waals surface area contributed by atoms with Crippen LogP contribution in [0.2, 0.25) is 0 Å². The molecule has 0 radical (unpaired) electrons. The van der Waals surface area contributed by atoms with Gasteiger partial charge in [-0.1, -0.05) is 31.2 Å². The van der Waals surface area contributed by atoms with Gasteiger partial charge in [0.25, 0.3) is 5.91 Å². The number of aliphatic carboxylic acids is 1. The lowest BCUT2D eigenvalue weighted by Crippen LogP contribution is -2.34. The number of carboxylic acid groups (broad SMARTS) is 1. The van der Waals surface area contributed by atoms with Gasteiger partial charge in [-0.15, -0.1) is 0 Å². The predicted octanol–water partition coefficient (Wildman–Crippen LogP) is 3.24. The summed E-state index contributed by atoms with van der Waals surface area (Å²) in [4.78, 5) is 33.8. The average Bonchev–Trinajstić information content (AvgIpc) is 3.47. The number of amidine groups is 1. The van der Waals surface area contributed by atoms with Crippen molar-refractivity contribution in [3.05, 3.63) is 53.6 Å². The first kappa shape index (κ1) is 56.4. The number of nitrogens with two attached hydrogens (primary N) is 1. The Kier molecular flexibility index (Phi) is 30.1. The number of hydrogen-bond donors (Lipinski definition) is 3. The van der Waals surface area contributed by atoms with Crippen LogP contribution in [0, 0.1) is 0 Å². The first-order valence-electron chi connectivity index (χ1n) is 22.4. The van der Waals surface area contributed by atoms with Crippen molar-refractivity contribution in [3.63, 3.8) is 0 Å². The molecule has 1 aliphatic heterocycles. The van der Waals surface area contributed by atoms with Crippen LogP contribution in [0.15, 0.2) is 57.9 Å². The fourth-order valence-electron chi connectivity index (χ4n) is 5.87. The molecular formula is C45H70N4O16S. The number of carbonyl (C=O) groups is 2. The number of hydroxylamine groups is 2. The van der Waals surface area contributed by atoms with E-state index in [4.69, 9.17) is 63.0 Å². The van der Waals surface area contributed by atoms with E-state index < -0.39 is 16.0 Å². The maximum absolute atomic E-state index is 13.2. The smallest absolute Gasteiger partial charge is 0.305 e. The maximum atomic E-state index is 13.2. The molecule has 0 saturated carbocycles. The molecule has 0 unspecified atom stereocenters. The zero-order valence-corrected chi connectivity index (χ0v) is 39.3. The van der Waals surface area contributed by atoms with E-state index in [-0.39, 0.29) is 49.2 Å². The Morgan fingerprint density at radius 3 is 1.61 bits per heavy atom. The molecule has 372 valence electrons. The number of fused-ring (bicyclic) bond motifs is 1. The highest BCUT2D eigenvalue weighted by Crippen LogP contribution is 2.33. The molecule has 1 amide bonds. The second-order valence-corrected chi connectivity index (χ2v) is 16.0. The lowest BCUT2D eigenvalue weighted by atomic mass is 10.0. The second kappa shape index (κ2) is 35.2. The normalized spacial score (nSPS) is 12.7. The number of ether oxygens (including phenoxy) is 10. The van der Waals surface area contributed by atoms with Crippen molar-refractivity contribution < 1.29 is 75.3 Å². The number of nitrogens with zero attached hydrogens (tertiary/aromatic N) is 2. The molecule has 0 bridgehead atoms. The molecular weight excluding hydrogens is 885 g/mol. The van der Waals surface area contributed by atoms with Gasteiger partial charge in [-0.05, 0) is 48.7 Å². The quantitative estimate of drug-likeness (QED) is 0.0640. The Balaban J connectivity index is 1.13. The molecule has 2 aromatic carbocycles. The van der Waals surface area contributed by atoms with Crippen LogP contribution in [0.25, 0.3) is 17.2 Å². The number of sulfonamides is 1. The standard InChI is InChI=1S/C45H70N4O16S/c1-3-12-49(65-4-2)45(52)40-33-39-9-8-38(35-42(39)48-43(46)36-40)37-6-5-7-41(34-37)66(53,54)47-11-14-56-16-18-58-20-22-60-24-26-62-28-30-64-32-31-63-29-27-61-25-23-59-21-19-57-17-15-55-13-10-44(50)51/h5-9,33-35,47H,3-4,10-32,36H2,1-2H3,(H2,46,48)(H,50,51). The largest absolute Gasteiger partial charge is 0.481 e. The van der Waals surface area contributed by atoms with Crippen molar-refractivity contribution in [2.24, 2.45) is 10.7 Å². The average molecular weight is 955 g/mol. The van der Waals surface area contributed by atoms with Crippen molar-refractivity contribution in [1.82, 2.24) is 9.79 Å². The number of amides is 1. The van der Waals surface area contributed by atoms with Gasteiger partial charge in [-0.25, -0.2) is 23.2 Å². The van der Waals surface area contributed by atoms with Gasteiger partial charge in [0.2, 0.25) is 10.0 Å². The third kappa shape index (κ3) is 24.7. The highest BCUT2D eigenvalue weighted by Gasteiger charge is 2.22. The molecule has 1 heterocycles. The van der Waals surface area contributed by atoms with Crippen LogP contribution < -0.4 is 10.5 Å². The van der Waals surface area contributed by atoms with E-state index in [0.29, 0.717) is 149 Å². The summed E-state index contributed by atoms with van der Waals surface area (Å²) in [5, 5.41) is 9.88. The van der Waals surface area contributed by atoms with Crippen molar-refractivity contribution in [2.75, 3.05) is 152 Å². The number of benzene rings is 2. The van der Waals surface area contributed by atoms with Gasteiger partial charge in [0.1, 0.15) is 5.84 Å². The van der Waals surface area contributed by atoms with Gasteiger partial charge in [0.15, 0.2) is 0 Å². The van der Waals surface area contributed by atoms with E-state index in [1.54, 1.807) is 18.2 Å². The Bertz CT molecular complexity index is 1830. The van der Waals surface area contributed by atoms with Gasteiger partial charge >= 0.3 is 5.97 Å². The Morgan fingerprint density at radius 1 is 0.667 bits per heavy atom. The summed E-state index contributed by atoms with van der Waals surface area (Å²) in [6, 6.07) is 12.1. The number of aliphatic imine (C=N–C) groups is 1. The van der Waals surface area contributed by atoms with Gasteiger partial charge in [-0.3, -0.25) is 14.4 Å². The first-order chi connectivity index (χ1) is 32.1. The van der Waals surface area contributed by atoms with E-state index in [9.17, 15) is 18.0 Å². The number of carboxylic acids is 1. The first-order valence-corrected chi connectivity index (χ1v) is 23.8. The molecule has 3 rings (SSSR count). The Hall–Kier alpha value is -3.94. The fourth-order valence-corrected chi connectivity index (χ4v) is 6.93. The molecule has 0 aromatic heterocycles. The Labute approximate surface area is 388 Å². The maximum Gasteiger partial charge on any atom is 0.305 e. The topological polar surface area (TPSA) is 244 Å². The van der Waals surface area contributed by atoms with Crippen LogP contribution in [-0.4, -0.2) is 188 Å². The van der Waals surface area contributed by atoms with Crippen molar-refractivity contribution >= 4 is 39.5 Å². The Morgan fingerprint density at radius 2 is 1.14 bits per heavy atom. The van der Waals surface area contributed by atoms with Crippen LogP contribution in [0.3, 0.4) is 0 Å². The molecule has 0 aliphatic carbocycles. The molecule has 0 fully saturated rings. The zero-order valence-electron chi connectivity index (χ0n) is 38.5. The van der Waals surface area contributed by atoms with E-state index in [1.807, 2.05) is 38.1 Å². The number of rotatable bonds is 41. The second-order valence-electron chi connectivity index (χ2n) is 14.2. The van der Waals surface area contributed by atoms with Gasteiger partial charge in [0.05, 0.1) is 156 Å². The molecule has 0 atom stereocenters. The van der Waals surface area contributed by atoms with Crippen molar-refractivity contribution in [2.45, 2.75) is 38.0 Å². The third-order valence-electron chi connectivity index (χ3n) is 9.03. The van der Waals surface area contributed by atoms with Crippen LogP contribution in [-0.2, 0) is 71.8 Å². The molecule has 66 heavy (non-hydrogen) atoms. The van der Waals surface area contributed by atoms with E-state index in [0.717, 1.165) is 17.5 Å². The van der Waals surface area contributed by atoms with Crippen LogP contribution in [0.1, 0.15) is 38.7 Å². The number of carbonyl (C=O) groups excluding carboxylic acids is 1. The lowest BCUT2D eigenvalue weighted by molar-refractivity contribution is -0.180. The molecule has 20 nitrogen and oxygen atoms in total. The highest BCUT2D eigenvalue weighted by atomic mass is 32.2. The summed E-state index contributed by atoms with van der Waals surface area (Å²) in [5.41, 5.74) is 9.42. The van der Waals surface area contributed by atoms with Gasteiger partial charge < -0.3 is 58.2 Å². The summed E-state index contributed by atoms with van der Waals surface area (Å²) in [5.74, 6) is -0.853. The van der Waals surface area contributed by atoms with Crippen LogP contribution in [0.5, 0.6) is 0 Å². The minimum absolute atomic E-state index is 0.0167. The summed E-state index contributed by atoms with van der Waals surface area (Å²) < 4.78 is 83.2. The molecule has 0 spiro atoms. The SMILES string of the molecule is CCCN(OCC)C(=O)C1=Cc2ccc(-c3cccc(S(=O)(=O)NCCOCCOCCOCCOCCOCCOCCOCCOCCOCCOCCC(=O)O)c3)cc2N=C(N)C1. The summed E-state index contributed by atoms with van der Waals surface area (Å²) in [7, 11) is -3.82. The fraction of sp³-hybridized carbons (Fsp3) is 0.622. The molecule has 4 N–H and O–H groups in total.